The Morgan fingerprint density at radius 3 is 2.62 bits per heavy atom. The van der Waals surface area contributed by atoms with Crippen LogP contribution in [-0.2, 0) is 11.3 Å². The number of hydrogen-bond acceptors (Lipinski definition) is 3. The van der Waals surface area contributed by atoms with Gasteiger partial charge in [0.15, 0.2) is 0 Å². The zero-order valence-electron chi connectivity index (χ0n) is 13.2. The fraction of sp³-hybridized carbons (Fsp3) is 0.562. The molecule has 1 amide bonds. The Kier molecular flexibility index (Phi) is 7.15. The van der Waals surface area contributed by atoms with Crippen LogP contribution < -0.4 is 11.1 Å². The van der Waals surface area contributed by atoms with Crippen LogP contribution in [0.25, 0.3) is 0 Å². The highest BCUT2D eigenvalue weighted by molar-refractivity contribution is 6.31. The minimum absolute atomic E-state index is 0.00425. The van der Waals surface area contributed by atoms with E-state index in [1.54, 1.807) is 0 Å². The quantitative estimate of drug-likeness (QED) is 0.774. The molecule has 0 spiro atoms. The molecule has 0 heterocycles. The molecule has 0 aliphatic rings. The molecule has 0 unspecified atom stereocenters. The van der Waals surface area contributed by atoms with E-state index in [4.69, 9.17) is 17.3 Å². The largest absolute Gasteiger partial charge is 0.351 e. The summed E-state index contributed by atoms with van der Waals surface area (Å²) in [6.07, 6.45) is 0. The molecule has 0 aliphatic heterocycles. The van der Waals surface area contributed by atoms with Gasteiger partial charge >= 0.3 is 0 Å². The smallest absolute Gasteiger partial charge is 0.234 e. The van der Waals surface area contributed by atoms with Gasteiger partial charge in [0.25, 0.3) is 0 Å². The van der Waals surface area contributed by atoms with Crippen molar-refractivity contribution in [2.24, 2.45) is 11.1 Å². The van der Waals surface area contributed by atoms with Crippen LogP contribution >= 0.6 is 11.6 Å². The molecule has 0 saturated carbocycles. The van der Waals surface area contributed by atoms with Crippen LogP contribution in [0.3, 0.4) is 0 Å². The number of nitrogens with two attached hydrogens (primary N) is 1. The van der Waals surface area contributed by atoms with E-state index >= 15 is 0 Å². The Morgan fingerprint density at radius 2 is 2.05 bits per heavy atom. The second kappa shape index (κ2) is 8.37. The highest BCUT2D eigenvalue weighted by Crippen LogP contribution is 2.15. The third kappa shape index (κ3) is 6.46. The van der Waals surface area contributed by atoms with Gasteiger partial charge in [-0.15, -0.1) is 0 Å². The van der Waals surface area contributed by atoms with Gasteiger partial charge in [-0.25, -0.2) is 0 Å². The number of benzene rings is 1. The number of carbonyl (C=O) groups excluding carboxylic acids is 1. The summed E-state index contributed by atoms with van der Waals surface area (Å²) in [5, 5.41) is 3.59. The molecule has 0 bridgehead atoms. The standard InChI is InChI=1S/C16H26ClN3O/c1-4-20(12-16(2,3)11-18)10-15(21)19-9-13-7-5-6-8-14(13)17/h5-8H,4,9-12,18H2,1-3H3,(H,19,21). The lowest BCUT2D eigenvalue weighted by Gasteiger charge is -2.30. The van der Waals surface area contributed by atoms with E-state index in [1.807, 2.05) is 31.2 Å². The third-order valence-electron chi connectivity index (χ3n) is 3.45. The second-order valence-corrected chi connectivity index (χ2v) is 6.45. The first-order valence-corrected chi connectivity index (χ1v) is 7.68. The summed E-state index contributed by atoms with van der Waals surface area (Å²) >= 11 is 6.07. The average Bonchev–Trinajstić information content (AvgIpc) is 2.45. The molecule has 0 aliphatic carbocycles. The third-order valence-corrected chi connectivity index (χ3v) is 3.82. The second-order valence-electron chi connectivity index (χ2n) is 6.04. The normalized spacial score (nSPS) is 11.7. The van der Waals surface area contributed by atoms with Crippen molar-refractivity contribution < 1.29 is 4.79 Å². The summed E-state index contributed by atoms with van der Waals surface area (Å²) in [6.45, 7) is 9.33. The number of amides is 1. The fourth-order valence-electron chi connectivity index (χ4n) is 2.04. The van der Waals surface area contributed by atoms with Gasteiger partial charge < -0.3 is 11.1 Å². The van der Waals surface area contributed by atoms with Crippen LogP contribution in [-0.4, -0.2) is 37.0 Å². The van der Waals surface area contributed by atoms with Crippen molar-refractivity contribution in [3.8, 4) is 0 Å². The summed E-state index contributed by atoms with van der Waals surface area (Å²) in [7, 11) is 0. The zero-order chi connectivity index (χ0) is 15.9. The van der Waals surface area contributed by atoms with Crippen LogP contribution in [0.2, 0.25) is 5.02 Å². The molecule has 4 nitrogen and oxygen atoms in total. The maximum absolute atomic E-state index is 12.0. The molecule has 1 aromatic carbocycles. The molecule has 0 aromatic heterocycles. The molecule has 118 valence electrons. The Bertz CT molecular complexity index is 463. The van der Waals surface area contributed by atoms with Crippen LogP contribution in [0.5, 0.6) is 0 Å². The van der Waals surface area contributed by atoms with E-state index in [2.05, 4.69) is 24.1 Å². The van der Waals surface area contributed by atoms with Gasteiger partial charge in [0.1, 0.15) is 0 Å². The maximum atomic E-state index is 12.0. The number of halogens is 1. The maximum Gasteiger partial charge on any atom is 0.234 e. The van der Waals surface area contributed by atoms with Gasteiger partial charge in [0, 0.05) is 18.1 Å². The van der Waals surface area contributed by atoms with Gasteiger partial charge in [0.2, 0.25) is 5.91 Å². The van der Waals surface area contributed by atoms with Crippen LogP contribution in [0.4, 0.5) is 0 Å². The minimum Gasteiger partial charge on any atom is -0.351 e. The summed E-state index contributed by atoms with van der Waals surface area (Å²) in [5.74, 6) is 0.00425. The lowest BCUT2D eigenvalue weighted by Crippen LogP contribution is -2.43. The van der Waals surface area contributed by atoms with E-state index in [1.165, 1.54) is 0 Å². The van der Waals surface area contributed by atoms with Gasteiger partial charge in [-0.05, 0) is 30.1 Å². The van der Waals surface area contributed by atoms with E-state index < -0.39 is 0 Å². The highest BCUT2D eigenvalue weighted by Gasteiger charge is 2.20. The molecule has 21 heavy (non-hydrogen) atoms. The Balaban J connectivity index is 2.47. The van der Waals surface area contributed by atoms with Gasteiger partial charge in [0.05, 0.1) is 6.54 Å². The van der Waals surface area contributed by atoms with E-state index in [-0.39, 0.29) is 11.3 Å². The minimum atomic E-state index is 0.00425. The van der Waals surface area contributed by atoms with Crippen LogP contribution in [0.1, 0.15) is 26.3 Å². The first-order valence-electron chi connectivity index (χ1n) is 7.30. The first kappa shape index (κ1) is 18.0. The van der Waals surface area contributed by atoms with Crippen molar-refractivity contribution in [2.45, 2.75) is 27.3 Å². The summed E-state index contributed by atoms with van der Waals surface area (Å²) in [5.41, 5.74) is 6.69. The van der Waals surface area contributed by atoms with Crippen molar-refractivity contribution in [2.75, 3.05) is 26.2 Å². The van der Waals surface area contributed by atoms with E-state index in [0.717, 1.165) is 18.7 Å². The number of carbonyl (C=O) groups is 1. The molecule has 0 fully saturated rings. The number of likely N-dealkylation sites (N-methyl/N-ethyl adjacent to an activating group) is 1. The zero-order valence-corrected chi connectivity index (χ0v) is 13.9. The summed E-state index contributed by atoms with van der Waals surface area (Å²) in [4.78, 5) is 14.1. The van der Waals surface area contributed by atoms with Crippen LogP contribution in [0, 0.1) is 5.41 Å². The lowest BCUT2D eigenvalue weighted by molar-refractivity contribution is -0.122. The SMILES string of the molecule is CCN(CC(=O)NCc1ccccc1Cl)CC(C)(C)CN. The molecule has 0 radical (unpaired) electrons. The van der Waals surface area contributed by atoms with Crippen molar-refractivity contribution in [3.05, 3.63) is 34.9 Å². The van der Waals surface area contributed by atoms with E-state index in [9.17, 15) is 4.79 Å². The van der Waals surface area contributed by atoms with Crippen molar-refractivity contribution in [3.63, 3.8) is 0 Å². The van der Waals surface area contributed by atoms with Gasteiger partial charge in [-0.1, -0.05) is 50.6 Å². The molecule has 3 N–H and O–H groups in total. The van der Waals surface area contributed by atoms with Crippen molar-refractivity contribution in [1.82, 2.24) is 10.2 Å². The molecule has 0 saturated heterocycles. The summed E-state index contributed by atoms with van der Waals surface area (Å²) in [6, 6.07) is 7.53. The predicted octanol–water partition coefficient (Wildman–Crippen LogP) is 2.26. The van der Waals surface area contributed by atoms with E-state index in [0.29, 0.717) is 24.7 Å². The Hall–Kier alpha value is -1.10. The molecular formula is C16H26ClN3O. The number of nitrogens with one attached hydrogen (secondary N) is 1. The monoisotopic (exact) mass is 311 g/mol. The highest BCUT2D eigenvalue weighted by atomic mass is 35.5. The topological polar surface area (TPSA) is 58.4 Å². The predicted molar refractivity (Wildman–Crippen MR) is 88.2 cm³/mol. The fourth-order valence-corrected chi connectivity index (χ4v) is 2.25. The molecule has 1 rings (SSSR count). The lowest BCUT2D eigenvalue weighted by atomic mass is 9.93. The van der Waals surface area contributed by atoms with Gasteiger partial charge in [-0.2, -0.15) is 0 Å². The van der Waals surface area contributed by atoms with Gasteiger partial charge in [-0.3, -0.25) is 9.69 Å². The Morgan fingerprint density at radius 1 is 1.38 bits per heavy atom. The molecular weight excluding hydrogens is 286 g/mol. The number of hydrogen-bond donors (Lipinski definition) is 2. The molecule has 5 heteroatoms. The summed E-state index contributed by atoms with van der Waals surface area (Å²) < 4.78 is 0. The number of rotatable bonds is 8. The van der Waals surface area contributed by atoms with Crippen molar-refractivity contribution in [1.29, 1.82) is 0 Å². The van der Waals surface area contributed by atoms with Crippen molar-refractivity contribution >= 4 is 17.5 Å². The molecule has 0 atom stereocenters. The Labute approximate surface area is 132 Å². The molecule has 1 aromatic rings. The number of nitrogens with zero attached hydrogens (tertiary/aromatic N) is 1. The van der Waals surface area contributed by atoms with Crippen LogP contribution in [0.15, 0.2) is 24.3 Å². The average molecular weight is 312 g/mol. The first-order chi connectivity index (χ1) is 9.88.